The van der Waals surface area contributed by atoms with E-state index in [1.54, 1.807) is 0 Å². The van der Waals surface area contributed by atoms with Gasteiger partial charge >= 0.3 is 0 Å². The van der Waals surface area contributed by atoms with Crippen LogP contribution in [-0.4, -0.2) is 26.4 Å². The van der Waals surface area contributed by atoms with Gasteiger partial charge in [0.1, 0.15) is 0 Å². The Morgan fingerprint density at radius 2 is 2.29 bits per heavy atom. The fourth-order valence-corrected chi connectivity index (χ4v) is 3.05. The fourth-order valence-electron chi connectivity index (χ4n) is 1.69. The van der Waals surface area contributed by atoms with Crippen molar-refractivity contribution in [3.05, 3.63) is 10.6 Å². The summed E-state index contributed by atoms with van der Waals surface area (Å²) in [6.45, 7) is 0. The number of nitrogens with zero attached hydrogens (tertiary/aromatic N) is 2. The smallest absolute Gasteiger partial charge is 0.214 e. The molecule has 0 aliphatic carbocycles. The van der Waals surface area contributed by atoms with Crippen LogP contribution in [0, 0.1) is 10.7 Å². The van der Waals surface area contributed by atoms with Gasteiger partial charge in [-0.15, -0.1) is 0 Å². The maximum absolute atomic E-state index is 5.73. The van der Waals surface area contributed by atoms with E-state index in [0.29, 0.717) is 4.77 Å². The lowest BCUT2D eigenvalue weighted by molar-refractivity contribution is 0.471. The minimum atomic E-state index is 0.505. The molecule has 6 heteroatoms. The van der Waals surface area contributed by atoms with E-state index in [1.165, 1.54) is 29.0 Å². The number of nitrogens with one attached hydrogen (secondary N) is 1. The third-order valence-electron chi connectivity index (χ3n) is 2.59. The van der Waals surface area contributed by atoms with Crippen molar-refractivity contribution in [2.24, 2.45) is 5.92 Å². The van der Waals surface area contributed by atoms with Crippen LogP contribution in [0.3, 0.4) is 0 Å². The van der Waals surface area contributed by atoms with Crippen molar-refractivity contribution in [1.82, 2.24) is 14.9 Å². The van der Waals surface area contributed by atoms with Crippen LogP contribution in [-0.2, 0) is 6.42 Å². The van der Waals surface area contributed by atoms with E-state index in [0.717, 1.165) is 18.2 Å². The Morgan fingerprint density at radius 1 is 1.57 bits per heavy atom. The highest BCUT2D eigenvalue weighted by Gasteiger charge is 2.16. The second kappa shape index (κ2) is 4.35. The SMILES string of the molecule is Nn1c(CC2CCSCC2)n[nH]c1=S. The van der Waals surface area contributed by atoms with Crippen LogP contribution >= 0.6 is 24.0 Å². The summed E-state index contributed by atoms with van der Waals surface area (Å²) < 4.78 is 1.99. The number of hydrogen-bond acceptors (Lipinski definition) is 4. The Morgan fingerprint density at radius 3 is 2.86 bits per heavy atom. The van der Waals surface area contributed by atoms with E-state index >= 15 is 0 Å². The van der Waals surface area contributed by atoms with Crippen LogP contribution in [0.25, 0.3) is 0 Å². The molecule has 0 spiro atoms. The zero-order valence-electron chi connectivity index (χ0n) is 7.90. The van der Waals surface area contributed by atoms with Gasteiger partial charge in [0, 0.05) is 6.42 Å². The lowest BCUT2D eigenvalue weighted by atomic mass is 9.99. The zero-order valence-corrected chi connectivity index (χ0v) is 9.53. The van der Waals surface area contributed by atoms with Crippen LogP contribution in [0.4, 0.5) is 0 Å². The second-order valence-corrected chi connectivity index (χ2v) is 5.19. The third kappa shape index (κ3) is 2.12. The summed E-state index contributed by atoms with van der Waals surface area (Å²) >= 11 is 6.99. The van der Waals surface area contributed by atoms with Gasteiger partial charge in [0.25, 0.3) is 0 Å². The Bertz CT molecular complexity index is 350. The molecule has 14 heavy (non-hydrogen) atoms. The van der Waals surface area contributed by atoms with Crippen LogP contribution in [0.2, 0.25) is 0 Å². The molecule has 1 fully saturated rings. The summed E-state index contributed by atoms with van der Waals surface area (Å²) in [5.41, 5.74) is 0. The summed E-state index contributed by atoms with van der Waals surface area (Å²) in [6, 6.07) is 0. The van der Waals surface area contributed by atoms with Gasteiger partial charge in [-0.1, -0.05) is 0 Å². The molecule has 1 aromatic heterocycles. The number of nitrogens with two attached hydrogens (primary N) is 1. The lowest BCUT2D eigenvalue weighted by Gasteiger charge is -2.20. The number of rotatable bonds is 2. The fraction of sp³-hybridized carbons (Fsp3) is 0.750. The van der Waals surface area contributed by atoms with Gasteiger partial charge in [0.2, 0.25) is 4.77 Å². The van der Waals surface area contributed by atoms with Crippen molar-refractivity contribution < 1.29 is 0 Å². The molecule has 0 amide bonds. The molecule has 0 aromatic carbocycles. The monoisotopic (exact) mass is 230 g/mol. The van der Waals surface area contributed by atoms with Crippen LogP contribution in [0.1, 0.15) is 18.7 Å². The van der Waals surface area contributed by atoms with Crippen molar-refractivity contribution in [3.63, 3.8) is 0 Å². The first-order valence-corrected chi connectivity index (χ1v) is 6.33. The molecular formula is C8H14N4S2. The molecule has 0 saturated carbocycles. The first-order chi connectivity index (χ1) is 6.77. The van der Waals surface area contributed by atoms with E-state index < -0.39 is 0 Å². The molecule has 2 heterocycles. The van der Waals surface area contributed by atoms with Gasteiger partial charge in [0.15, 0.2) is 5.82 Å². The van der Waals surface area contributed by atoms with Crippen molar-refractivity contribution in [2.75, 3.05) is 17.3 Å². The Hall–Kier alpha value is -0.490. The predicted octanol–water partition coefficient (Wildman–Crippen LogP) is 1.34. The van der Waals surface area contributed by atoms with Gasteiger partial charge in [-0.25, -0.2) is 4.68 Å². The quantitative estimate of drug-likeness (QED) is 0.594. The van der Waals surface area contributed by atoms with Crippen molar-refractivity contribution in [3.8, 4) is 0 Å². The molecule has 1 aromatic rings. The van der Waals surface area contributed by atoms with Gasteiger partial charge in [0.05, 0.1) is 0 Å². The Kier molecular flexibility index (Phi) is 3.12. The normalized spacial score (nSPS) is 18.6. The minimum Gasteiger partial charge on any atom is -0.335 e. The molecule has 0 unspecified atom stereocenters. The summed E-state index contributed by atoms with van der Waals surface area (Å²) in [4.78, 5) is 0. The maximum Gasteiger partial charge on any atom is 0.214 e. The van der Waals surface area contributed by atoms with E-state index in [1.807, 2.05) is 11.8 Å². The number of thioether (sulfide) groups is 1. The largest absolute Gasteiger partial charge is 0.335 e. The van der Waals surface area contributed by atoms with E-state index in [9.17, 15) is 0 Å². The van der Waals surface area contributed by atoms with Gasteiger partial charge in [-0.05, 0) is 42.5 Å². The lowest BCUT2D eigenvalue weighted by Crippen LogP contribution is -2.19. The Balaban J connectivity index is 2.02. The third-order valence-corrected chi connectivity index (χ3v) is 3.93. The van der Waals surface area contributed by atoms with E-state index in [4.69, 9.17) is 18.1 Å². The molecule has 1 aliphatic rings. The standard InChI is InChI=1S/C8H14N4S2/c9-12-7(10-11-8(12)13)5-6-1-3-14-4-2-6/h6H,1-5,9H2,(H,11,13). The first kappa shape index (κ1) is 10.0. The van der Waals surface area contributed by atoms with Gasteiger partial charge in [-0.3, -0.25) is 5.10 Å². The minimum absolute atomic E-state index is 0.505. The first-order valence-electron chi connectivity index (χ1n) is 4.76. The second-order valence-electron chi connectivity index (χ2n) is 3.57. The Labute approximate surface area is 92.2 Å². The number of aromatic amines is 1. The van der Waals surface area contributed by atoms with Crippen LogP contribution < -0.4 is 5.84 Å². The van der Waals surface area contributed by atoms with Crippen molar-refractivity contribution in [2.45, 2.75) is 19.3 Å². The molecular weight excluding hydrogens is 216 g/mol. The van der Waals surface area contributed by atoms with E-state index in [2.05, 4.69) is 10.2 Å². The number of hydrogen-bond donors (Lipinski definition) is 2. The highest BCUT2D eigenvalue weighted by molar-refractivity contribution is 7.99. The summed E-state index contributed by atoms with van der Waals surface area (Å²) in [5, 5.41) is 6.84. The highest BCUT2D eigenvalue weighted by atomic mass is 32.2. The van der Waals surface area contributed by atoms with Crippen LogP contribution in [0.15, 0.2) is 0 Å². The summed E-state index contributed by atoms with van der Waals surface area (Å²) in [5.74, 6) is 9.87. The molecule has 0 bridgehead atoms. The highest BCUT2D eigenvalue weighted by Crippen LogP contribution is 2.24. The topological polar surface area (TPSA) is 59.6 Å². The predicted molar refractivity (Wildman–Crippen MR) is 61.3 cm³/mol. The van der Waals surface area contributed by atoms with Crippen LogP contribution in [0.5, 0.6) is 0 Å². The number of nitrogen functional groups attached to an aromatic ring is 1. The van der Waals surface area contributed by atoms with Crippen molar-refractivity contribution in [1.29, 1.82) is 0 Å². The molecule has 3 N–H and O–H groups in total. The molecule has 2 rings (SSSR count). The van der Waals surface area contributed by atoms with Crippen molar-refractivity contribution >= 4 is 24.0 Å². The van der Waals surface area contributed by atoms with Gasteiger partial charge in [-0.2, -0.15) is 16.9 Å². The molecule has 1 aliphatic heterocycles. The molecule has 4 nitrogen and oxygen atoms in total. The maximum atomic E-state index is 5.73. The molecule has 78 valence electrons. The molecule has 1 saturated heterocycles. The number of aromatic nitrogens is 3. The molecule has 0 radical (unpaired) electrons. The van der Waals surface area contributed by atoms with Gasteiger partial charge < -0.3 is 5.84 Å². The summed E-state index contributed by atoms with van der Waals surface area (Å²) in [6.07, 6.45) is 3.48. The zero-order chi connectivity index (χ0) is 9.97. The number of H-pyrrole nitrogens is 1. The molecule has 0 atom stereocenters. The average molecular weight is 230 g/mol. The van der Waals surface area contributed by atoms with E-state index in [-0.39, 0.29) is 0 Å². The summed E-state index contributed by atoms with van der Waals surface area (Å²) in [7, 11) is 0. The average Bonchev–Trinajstić information content (AvgIpc) is 2.52.